The van der Waals surface area contributed by atoms with Gasteiger partial charge in [0.1, 0.15) is 0 Å². The first-order valence-electron chi connectivity index (χ1n) is 5.06. The summed E-state index contributed by atoms with van der Waals surface area (Å²) >= 11 is 5.04. The molecule has 88 valence electrons. The molecule has 0 aliphatic carbocycles. The van der Waals surface area contributed by atoms with E-state index in [1.54, 1.807) is 47.8 Å². The molecule has 3 nitrogen and oxygen atoms in total. The quantitative estimate of drug-likeness (QED) is 0.872. The van der Waals surface area contributed by atoms with Crippen molar-refractivity contribution in [3.63, 3.8) is 0 Å². The van der Waals surface area contributed by atoms with Crippen molar-refractivity contribution >= 4 is 33.2 Å². The number of thiophene rings is 1. The Hall–Kier alpha value is -1.20. The summed E-state index contributed by atoms with van der Waals surface area (Å²) in [4.78, 5) is 18.8. The number of amides is 1. The Morgan fingerprint density at radius 2 is 2.29 bits per heavy atom. The highest BCUT2D eigenvalue weighted by molar-refractivity contribution is 9.11. The minimum atomic E-state index is -0.0115. The molecular formula is C12H11BrN2OS. The number of hydrogen-bond acceptors (Lipinski definition) is 3. The molecule has 0 aromatic carbocycles. The first-order chi connectivity index (χ1) is 8.16. The second-order valence-corrected chi connectivity index (χ2v) is 6.16. The van der Waals surface area contributed by atoms with Crippen LogP contribution in [0.1, 0.15) is 15.2 Å². The third kappa shape index (κ3) is 3.14. The maximum absolute atomic E-state index is 12.0. The number of rotatable bonds is 3. The van der Waals surface area contributed by atoms with E-state index in [2.05, 4.69) is 20.9 Å². The van der Waals surface area contributed by atoms with Crippen LogP contribution in [0.4, 0.5) is 0 Å². The van der Waals surface area contributed by atoms with Gasteiger partial charge in [-0.05, 0) is 40.2 Å². The van der Waals surface area contributed by atoms with Crippen molar-refractivity contribution in [2.45, 2.75) is 6.54 Å². The average Bonchev–Trinajstić information content (AvgIpc) is 2.75. The second kappa shape index (κ2) is 5.42. The molecule has 0 saturated heterocycles. The molecule has 0 aliphatic heterocycles. The molecular weight excluding hydrogens is 300 g/mol. The molecule has 0 N–H and O–H groups in total. The second-order valence-electron chi connectivity index (χ2n) is 3.61. The molecule has 2 aromatic heterocycles. The van der Waals surface area contributed by atoms with Crippen LogP contribution in [-0.2, 0) is 6.54 Å². The molecule has 0 radical (unpaired) electrons. The normalized spacial score (nSPS) is 10.2. The van der Waals surface area contributed by atoms with Crippen molar-refractivity contribution in [3.05, 3.63) is 50.9 Å². The fourth-order valence-electron chi connectivity index (χ4n) is 1.45. The topological polar surface area (TPSA) is 33.2 Å². The number of aromatic nitrogens is 1. The van der Waals surface area contributed by atoms with Crippen LogP contribution in [0, 0.1) is 0 Å². The van der Waals surface area contributed by atoms with Crippen LogP contribution in [0.25, 0.3) is 0 Å². The lowest BCUT2D eigenvalue weighted by molar-refractivity contribution is 0.0786. The SMILES string of the molecule is CN(Cc1ccc(Br)s1)C(=O)c1cccnc1. The summed E-state index contributed by atoms with van der Waals surface area (Å²) in [5.41, 5.74) is 0.616. The number of halogens is 1. The fraction of sp³-hybridized carbons (Fsp3) is 0.167. The van der Waals surface area contributed by atoms with Gasteiger partial charge in [-0.1, -0.05) is 0 Å². The van der Waals surface area contributed by atoms with Gasteiger partial charge < -0.3 is 4.90 Å². The van der Waals surface area contributed by atoms with Crippen molar-refractivity contribution in [2.24, 2.45) is 0 Å². The summed E-state index contributed by atoms with van der Waals surface area (Å²) in [6.45, 7) is 0.615. The van der Waals surface area contributed by atoms with Crippen LogP contribution in [0.2, 0.25) is 0 Å². The van der Waals surface area contributed by atoms with E-state index in [-0.39, 0.29) is 5.91 Å². The number of nitrogens with zero attached hydrogens (tertiary/aromatic N) is 2. The van der Waals surface area contributed by atoms with E-state index in [1.807, 2.05) is 12.1 Å². The van der Waals surface area contributed by atoms with Crippen LogP contribution >= 0.6 is 27.3 Å². The maximum Gasteiger partial charge on any atom is 0.255 e. The lowest BCUT2D eigenvalue weighted by Crippen LogP contribution is -2.25. The number of hydrogen-bond donors (Lipinski definition) is 0. The van der Waals surface area contributed by atoms with Crippen molar-refractivity contribution in [1.82, 2.24) is 9.88 Å². The van der Waals surface area contributed by atoms with Gasteiger partial charge in [-0.2, -0.15) is 0 Å². The molecule has 0 fully saturated rings. The Morgan fingerprint density at radius 3 is 2.88 bits per heavy atom. The van der Waals surface area contributed by atoms with Crippen molar-refractivity contribution in [2.75, 3.05) is 7.05 Å². The maximum atomic E-state index is 12.0. The fourth-order valence-corrected chi connectivity index (χ4v) is 2.99. The van der Waals surface area contributed by atoms with E-state index in [0.717, 1.165) is 8.66 Å². The Labute approximate surface area is 112 Å². The standard InChI is InChI=1S/C12H11BrN2OS/c1-15(8-10-4-5-11(13)17-10)12(16)9-3-2-6-14-7-9/h2-7H,8H2,1H3. The third-order valence-electron chi connectivity index (χ3n) is 2.28. The van der Waals surface area contributed by atoms with Gasteiger partial charge in [0.2, 0.25) is 0 Å². The number of pyridine rings is 1. The minimum Gasteiger partial charge on any atom is -0.337 e. The average molecular weight is 311 g/mol. The molecule has 0 atom stereocenters. The van der Waals surface area contributed by atoms with Crippen LogP contribution in [0.5, 0.6) is 0 Å². The van der Waals surface area contributed by atoms with Gasteiger partial charge in [0.25, 0.3) is 5.91 Å². The first kappa shape index (κ1) is 12.3. The van der Waals surface area contributed by atoms with Crippen LogP contribution < -0.4 is 0 Å². The van der Waals surface area contributed by atoms with Crippen molar-refractivity contribution in [1.29, 1.82) is 0 Å². The summed E-state index contributed by atoms with van der Waals surface area (Å²) in [6.07, 6.45) is 3.25. The Kier molecular flexibility index (Phi) is 3.91. The zero-order chi connectivity index (χ0) is 12.3. The smallest absolute Gasteiger partial charge is 0.255 e. The van der Waals surface area contributed by atoms with Gasteiger partial charge in [-0.25, -0.2) is 0 Å². The van der Waals surface area contributed by atoms with E-state index >= 15 is 0 Å². The molecule has 2 aromatic rings. The molecule has 0 saturated carbocycles. The molecule has 2 heterocycles. The van der Waals surface area contributed by atoms with Gasteiger partial charge in [0.05, 0.1) is 15.9 Å². The highest BCUT2D eigenvalue weighted by atomic mass is 79.9. The molecule has 0 bridgehead atoms. The lowest BCUT2D eigenvalue weighted by Gasteiger charge is -2.15. The van der Waals surface area contributed by atoms with E-state index in [0.29, 0.717) is 12.1 Å². The zero-order valence-electron chi connectivity index (χ0n) is 9.26. The predicted octanol–water partition coefficient (Wildman–Crippen LogP) is 3.18. The minimum absolute atomic E-state index is 0.0115. The number of carbonyl (C=O) groups excluding carboxylic acids is 1. The van der Waals surface area contributed by atoms with Gasteiger partial charge in [-0.15, -0.1) is 11.3 Å². The summed E-state index contributed by atoms with van der Waals surface area (Å²) in [5.74, 6) is -0.0115. The summed E-state index contributed by atoms with van der Waals surface area (Å²) in [5, 5.41) is 0. The predicted molar refractivity (Wildman–Crippen MR) is 72.1 cm³/mol. The van der Waals surface area contributed by atoms with Gasteiger partial charge in [-0.3, -0.25) is 9.78 Å². The Bertz CT molecular complexity index is 512. The lowest BCUT2D eigenvalue weighted by atomic mass is 10.2. The highest BCUT2D eigenvalue weighted by Crippen LogP contribution is 2.23. The van der Waals surface area contributed by atoms with Crippen molar-refractivity contribution in [3.8, 4) is 0 Å². The molecule has 0 spiro atoms. The molecule has 2 rings (SSSR count). The molecule has 0 unspecified atom stereocenters. The van der Waals surface area contributed by atoms with Crippen molar-refractivity contribution < 1.29 is 4.79 Å². The van der Waals surface area contributed by atoms with E-state index in [9.17, 15) is 4.79 Å². The van der Waals surface area contributed by atoms with E-state index < -0.39 is 0 Å². The van der Waals surface area contributed by atoms with Gasteiger partial charge in [0.15, 0.2) is 0 Å². The molecule has 0 aliphatic rings. The Balaban J connectivity index is 2.06. The van der Waals surface area contributed by atoms with Crippen LogP contribution in [0.15, 0.2) is 40.4 Å². The largest absolute Gasteiger partial charge is 0.337 e. The van der Waals surface area contributed by atoms with Crippen LogP contribution in [0.3, 0.4) is 0 Å². The highest BCUT2D eigenvalue weighted by Gasteiger charge is 2.12. The Morgan fingerprint density at radius 1 is 1.47 bits per heavy atom. The zero-order valence-corrected chi connectivity index (χ0v) is 11.7. The summed E-state index contributed by atoms with van der Waals surface area (Å²) in [7, 11) is 1.79. The van der Waals surface area contributed by atoms with E-state index in [4.69, 9.17) is 0 Å². The molecule has 17 heavy (non-hydrogen) atoms. The van der Waals surface area contributed by atoms with E-state index in [1.165, 1.54) is 0 Å². The summed E-state index contributed by atoms with van der Waals surface area (Å²) in [6, 6.07) is 7.54. The monoisotopic (exact) mass is 310 g/mol. The van der Waals surface area contributed by atoms with Gasteiger partial charge in [0, 0.05) is 24.3 Å². The van der Waals surface area contributed by atoms with Crippen LogP contribution in [-0.4, -0.2) is 22.8 Å². The summed E-state index contributed by atoms with van der Waals surface area (Å²) < 4.78 is 1.08. The molecule has 1 amide bonds. The number of carbonyl (C=O) groups is 1. The molecule has 5 heteroatoms. The van der Waals surface area contributed by atoms with Gasteiger partial charge >= 0.3 is 0 Å². The third-order valence-corrected chi connectivity index (χ3v) is 3.89. The first-order valence-corrected chi connectivity index (χ1v) is 6.67.